The van der Waals surface area contributed by atoms with Gasteiger partial charge in [-0.05, 0) is 31.0 Å². The number of phenolic OH excluding ortho intramolecular Hbond substituents is 1. The second-order valence-electron chi connectivity index (χ2n) is 4.91. The number of carbonyl (C=O) groups is 2. The van der Waals surface area contributed by atoms with E-state index >= 15 is 0 Å². The Morgan fingerprint density at radius 2 is 2.00 bits per heavy atom. The van der Waals surface area contributed by atoms with E-state index in [2.05, 4.69) is 4.74 Å². The molecule has 3 N–H and O–H groups in total. The van der Waals surface area contributed by atoms with E-state index < -0.39 is 5.97 Å². The molecule has 1 aliphatic rings. The summed E-state index contributed by atoms with van der Waals surface area (Å²) in [7, 11) is 1.25. The number of nitrogens with two attached hydrogens (primary N) is 1. The van der Waals surface area contributed by atoms with Crippen molar-refractivity contribution < 1.29 is 19.4 Å². The number of benzene rings is 1. The van der Waals surface area contributed by atoms with Gasteiger partial charge < -0.3 is 20.5 Å². The van der Waals surface area contributed by atoms with Crippen LogP contribution in [0.15, 0.2) is 18.2 Å². The molecule has 0 saturated carbocycles. The first kappa shape index (κ1) is 17.3. The lowest BCUT2D eigenvalue weighted by Gasteiger charge is -2.30. The number of rotatable bonds is 2. The Kier molecular flexibility index (Phi) is 5.99. The van der Waals surface area contributed by atoms with Crippen LogP contribution in [0.4, 0.5) is 0 Å². The van der Waals surface area contributed by atoms with Crippen molar-refractivity contribution >= 4 is 24.3 Å². The Morgan fingerprint density at radius 1 is 1.33 bits per heavy atom. The first-order valence-electron chi connectivity index (χ1n) is 6.48. The smallest absolute Gasteiger partial charge is 0.338 e. The Labute approximate surface area is 129 Å². The molecule has 1 aromatic carbocycles. The summed E-state index contributed by atoms with van der Waals surface area (Å²) < 4.78 is 4.59. The average molecular weight is 315 g/mol. The Bertz CT molecular complexity index is 536. The molecule has 1 aliphatic heterocycles. The van der Waals surface area contributed by atoms with E-state index in [0.717, 1.165) is 12.8 Å². The van der Waals surface area contributed by atoms with Crippen molar-refractivity contribution in [3.8, 4) is 5.75 Å². The normalized spacial score (nSPS) is 17.8. The number of esters is 1. The maximum Gasteiger partial charge on any atom is 0.338 e. The monoisotopic (exact) mass is 314 g/mol. The molecule has 6 nitrogen and oxygen atoms in total. The summed E-state index contributed by atoms with van der Waals surface area (Å²) in [4.78, 5) is 25.5. The minimum atomic E-state index is -0.592. The fourth-order valence-electron chi connectivity index (χ4n) is 2.35. The predicted molar refractivity (Wildman–Crippen MR) is 79.8 cm³/mol. The van der Waals surface area contributed by atoms with Crippen molar-refractivity contribution in [3.05, 3.63) is 29.3 Å². The molecule has 0 spiro atoms. The van der Waals surface area contributed by atoms with Crippen LogP contribution in [0, 0.1) is 0 Å². The number of hydrogen-bond donors (Lipinski definition) is 2. The molecule has 0 aromatic heterocycles. The van der Waals surface area contributed by atoms with Gasteiger partial charge in [-0.2, -0.15) is 0 Å². The van der Waals surface area contributed by atoms with E-state index in [1.807, 2.05) is 0 Å². The van der Waals surface area contributed by atoms with Gasteiger partial charge in [0.1, 0.15) is 5.75 Å². The third-order valence-electron chi connectivity index (χ3n) is 3.33. The number of hydrogen-bond acceptors (Lipinski definition) is 5. The molecule has 1 saturated heterocycles. The summed E-state index contributed by atoms with van der Waals surface area (Å²) >= 11 is 0. The van der Waals surface area contributed by atoms with Crippen molar-refractivity contribution in [1.82, 2.24) is 4.90 Å². The van der Waals surface area contributed by atoms with E-state index in [0.29, 0.717) is 13.1 Å². The van der Waals surface area contributed by atoms with E-state index in [4.69, 9.17) is 5.73 Å². The minimum Gasteiger partial charge on any atom is -0.508 e. The number of likely N-dealkylation sites (tertiary alicyclic amines) is 1. The number of aromatic hydroxyl groups is 1. The number of methoxy groups -OCH3 is 1. The van der Waals surface area contributed by atoms with Gasteiger partial charge in [0.25, 0.3) is 5.91 Å². The van der Waals surface area contributed by atoms with Crippen LogP contribution in [0.2, 0.25) is 0 Å². The van der Waals surface area contributed by atoms with Gasteiger partial charge in [0.15, 0.2) is 0 Å². The molecule has 0 radical (unpaired) electrons. The van der Waals surface area contributed by atoms with Crippen LogP contribution in [-0.4, -0.2) is 48.1 Å². The van der Waals surface area contributed by atoms with Crippen molar-refractivity contribution in [2.75, 3.05) is 20.2 Å². The Morgan fingerprint density at radius 3 is 2.62 bits per heavy atom. The number of carbonyl (C=O) groups excluding carboxylic acids is 2. The van der Waals surface area contributed by atoms with Crippen molar-refractivity contribution in [3.63, 3.8) is 0 Å². The molecular formula is C14H19ClN2O4. The lowest BCUT2D eigenvalue weighted by molar-refractivity contribution is 0.0600. The summed E-state index contributed by atoms with van der Waals surface area (Å²) in [6.45, 7) is 1.12. The van der Waals surface area contributed by atoms with Gasteiger partial charge >= 0.3 is 5.97 Å². The maximum atomic E-state index is 12.4. The number of nitrogens with zero attached hydrogens (tertiary/aromatic N) is 1. The van der Waals surface area contributed by atoms with Crippen LogP contribution in [0.25, 0.3) is 0 Å². The molecule has 1 fully saturated rings. The van der Waals surface area contributed by atoms with Crippen molar-refractivity contribution in [2.24, 2.45) is 5.73 Å². The summed E-state index contributed by atoms with van der Waals surface area (Å²) in [5.41, 5.74) is 6.27. The highest BCUT2D eigenvalue weighted by Crippen LogP contribution is 2.19. The van der Waals surface area contributed by atoms with Crippen molar-refractivity contribution in [2.45, 2.75) is 18.9 Å². The summed E-state index contributed by atoms with van der Waals surface area (Å²) in [6.07, 6.45) is 1.76. The predicted octanol–water partition coefficient (Wildman–Crippen LogP) is 1.16. The molecule has 0 aliphatic carbocycles. The third kappa shape index (κ3) is 4.09. The highest BCUT2D eigenvalue weighted by atomic mass is 35.5. The van der Waals surface area contributed by atoms with Crippen LogP contribution >= 0.6 is 12.4 Å². The van der Waals surface area contributed by atoms with Gasteiger partial charge in [0, 0.05) is 24.7 Å². The Balaban J connectivity index is 0.00000220. The lowest BCUT2D eigenvalue weighted by atomic mass is 10.0. The molecule has 1 aromatic rings. The van der Waals surface area contributed by atoms with E-state index in [1.54, 1.807) is 4.90 Å². The number of amides is 1. The van der Waals surface area contributed by atoms with E-state index in [1.165, 1.54) is 25.3 Å². The topological polar surface area (TPSA) is 92.9 Å². The highest BCUT2D eigenvalue weighted by molar-refractivity contribution is 5.98. The molecule has 21 heavy (non-hydrogen) atoms. The van der Waals surface area contributed by atoms with Crippen molar-refractivity contribution in [1.29, 1.82) is 0 Å². The van der Waals surface area contributed by atoms with Crippen LogP contribution in [0.3, 0.4) is 0 Å². The molecule has 1 unspecified atom stereocenters. The quantitative estimate of drug-likeness (QED) is 0.799. The Hall–Kier alpha value is -1.79. The van der Waals surface area contributed by atoms with Gasteiger partial charge in [0.05, 0.1) is 12.7 Å². The molecule has 1 atom stereocenters. The standard InChI is InChI=1S/C14H18N2O4.ClH/c1-20-14(19)10-5-9(6-12(17)7-10)13(18)16-4-2-3-11(15)8-16;/h5-7,11,17H,2-4,8,15H2,1H3;1H. The van der Waals surface area contributed by atoms with Gasteiger partial charge in [-0.1, -0.05) is 0 Å². The molecule has 1 heterocycles. The molecule has 7 heteroatoms. The number of ether oxygens (including phenoxy) is 1. The average Bonchev–Trinajstić information content (AvgIpc) is 2.45. The molecular weight excluding hydrogens is 296 g/mol. The first-order chi connectivity index (χ1) is 9.51. The summed E-state index contributed by atoms with van der Waals surface area (Å²) in [5, 5.41) is 9.63. The number of phenols is 1. The van der Waals surface area contributed by atoms with Crippen LogP contribution in [0.1, 0.15) is 33.6 Å². The zero-order valence-corrected chi connectivity index (χ0v) is 12.6. The van der Waals surface area contributed by atoms with Gasteiger partial charge in [0.2, 0.25) is 0 Å². The SMILES string of the molecule is COC(=O)c1cc(O)cc(C(=O)N2CCCC(N)C2)c1.Cl. The number of piperidine rings is 1. The maximum absolute atomic E-state index is 12.4. The molecule has 1 amide bonds. The highest BCUT2D eigenvalue weighted by Gasteiger charge is 2.23. The van der Waals surface area contributed by atoms with Gasteiger partial charge in [-0.15, -0.1) is 12.4 Å². The van der Waals surface area contributed by atoms with Crippen LogP contribution in [-0.2, 0) is 4.74 Å². The van der Waals surface area contributed by atoms with E-state index in [9.17, 15) is 14.7 Å². The zero-order valence-electron chi connectivity index (χ0n) is 11.7. The summed E-state index contributed by atoms with van der Waals surface area (Å²) in [6, 6.07) is 4.01. The van der Waals surface area contributed by atoms with Gasteiger partial charge in [-0.25, -0.2) is 4.79 Å². The molecule has 0 bridgehead atoms. The number of halogens is 1. The van der Waals surface area contributed by atoms with Crippen LogP contribution < -0.4 is 5.73 Å². The molecule has 2 rings (SSSR count). The summed E-state index contributed by atoms with van der Waals surface area (Å²) in [5.74, 6) is -0.968. The van der Waals surface area contributed by atoms with Gasteiger partial charge in [-0.3, -0.25) is 4.79 Å². The largest absolute Gasteiger partial charge is 0.508 e. The first-order valence-corrected chi connectivity index (χ1v) is 6.48. The lowest BCUT2D eigenvalue weighted by Crippen LogP contribution is -2.45. The minimum absolute atomic E-state index is 0. The van der Waals surface area contributed by atoms with E-state index in [-0.39, 0.29) is 41.2 Å². The van der Waals surface area contributed by atoms with Crippen LogP contribution in [0.5, 0.6) is 5.75 Å². The fourth-order valence-corrected chi connectivity index (χ4v) is 2.35. The molecule has 116 valence electrons. The second kappa shape index (κ2) is 7.28. The zero-order chi connectivity index (χ0) is 14.7. The second-order valence-corrected chi connectivity index (χ2v) is 4.91. The third-order valence-corrected chi connectivity index (χ3v) is 3.33. The fraction of sp³-hybridized carbons (Fsp3) is 0.429.